The zero-order chi connectivity index (χ0) is 18.1. The minimum atomic E-state index is -3.74. The minimum Gasteiger partial charge on any atom is -0.269 e. The lowest BCUT2D eigenvalue weighted by Crippen LogP contribution is -2.12. The number of nitrogens with two attached hydrogens (primary N) is 1. The molecule has 0 radical (unpaired) electrons. The fourth-order valence-corrected chi connectivity index (χ4v) is 5.05. The van der Waals surface area contributed by atoms with E-state index in [0.29, 0.717) is 11.0 Å². The highest BCUT2D eigenvalue weighted by atomic mass is 32.2. The monoisotopic (exact) mass is 421 g/mol. The van der Waals surface area contributed by atoms with Crippen molar-refractivity contribution in [2.75, 3.05) is 0 Å². The SMILES string of the molecule is NS(=O)(=O)c1ccc(-n2c(Sc3nccs3)nnc2-c2cccs2)cc1. The van der Waals surface area contributed by atoms with Crippen molar-refractivity contribution >= 4 is 44.5 Å². The number of nitrogens with zero attached hydrogens (tertiary/aromatic N) is 4. The van der Waals surface area contributed by atoms with Crippen LogP contribution in [-0.4, -0.2) is 28.2 Å². The van der Waals surface area contributed by atoms with Crippen molar-refractivity contribution in [2.45, 2.75) is 14.4 Å². The molecule has 3 heterocycles. The average molecular weight is 422 g/mol. The lowest BCUT2D eigenvalue weighted by molar-refractivity contribution is 0.598. The molecular formula is C15H11N5O2S4. The average Bonchev–Trinajstić information content (AvgIpc) is 3.36. The summed E-state index contributed by atoms with van der Waals surface area (Å²) in [6.45, 7) is 0. The van der Waals surface area contributed by atoms with Crippen molar-refractivity contribution in [1.82, 2.24) is 19.7 Å². The maximum Gasteiger partial charge on any atom is 0.238 e. The van der Waals surface area contributed by atoms with Gasteiger partial charge >= 0.3 is 0 Å². The Hall–Kier alpha value is -2.05. The summed E-state index contributed by atoms with van der Waals surface area (Å²) >= 11 is 4.47. The highest BCUT2D eigenvalue weighted by Gasteiger charge is 2.19. The second-order valence-electron chi connectivity index (χ2n) is 5.06. The molecule has 11 heteroatoms. The molecule has 0 saturated heterocycles. The number of hydrogen-bond acceptors (Lipinski definition) is 8. The van der Waals surface area contributed by atoms with E-state index in [1.165, 1.54) is 35.2 Å². The van der Waals surface area contributed by atoms with Crippen molar-refractivity contribution in [3.05, 3.63) is 53.4 Å². The number of sulfonamides is 1. The Labute approximate surface area is 161 Å². The van der Waals surface area contributed by atoms with Crippen LogP contribution in [0.5, 0.6) is 0 Å². The number of thiazole rings is 1. The number of primary sulfonamides is 1. The van der Waals surface area contributed by atoms with Gasteiger partial charge in [-0.1, -0.05) is 6.07 Å². The molecule has 2 N–H and O–H groups in total. The number of thiophene rings is 1. The predicted octanol–water partition coefficient (Wildman–Crippen LogP) is 3.25. The molecule has 26 heavy (non-hydrogen) atoms. The summed E-state index contributed by atoms with van der Waals surface area (Å²) in [5, 5.41) is 18.3. The van der Waals surface area contributed by atoms with Gasteiger partial charge in [0.15, 0.2) is 10.2 Å². The zero-order valence-electron chi connectivity index (χ0n) is 13.0. The first kappa shape index (κ1) is 17.4. The second-order valence-corrected chi connectivity index (χ2v) is 9.68. The van der Waals surface area contributed by atoms with E-state index in [1.807, 2.05) is 27.5 Å². The van der Waals surface area contributed by atoms with Gasteiger partial charge < -0.3 is 0 Å². The van der Waals surface area contributed by atoms with Crippen LogP contribution in [0.25, 0.3) is 16.4 Å². The molecule has 4 rings (SSSR count). The molecule has 132 valence electrons. The van der Waals surface area contributed by atoms with E-state index in [4.69, 9.17) is 5.14 Å². The molecular weight excluding hydrogens is 410 g/mol. The second kappa shape index (κ2) is 6.93. The van der Waals surface area contributed by atoms with Crippen LogP contribution in [0.2, 0.25) is 0 Å². The molecule has 1 aromatic carbocycles. The maximum absolute atomic E-state index is 11.5. The third-order valence-corrected chi connectivity index (χ3v) is 7.01. The Kier molecular flexibility index (Phi) is 4.63. The molecule has 0 saturated carbocycles. The van der Waals surface area contributed by atoms with Crippen molar-refractivity contribution in [3.8, 4) is 16.4 Å². The lowest BCUT2D eigenvalue weighted by Gasteiger charge is -2.09. The van der Waals surface area contributed by atoms with E-state index in [9.17, 15) is 8.42 Å². The number of benzene rings is 1. The molecule has 7 nitrogen and oxygen atoms in total. The molecule has 0 amide bonds. The standard InChI is InChI=1S/C15H11N5O2S4/c16-26(21,22)11-5-3-10(4-6-11)20-13(12-2-1-8-23-12)18-19-14(20)25-15-17-7-9-24-15/h1-9H,(H2,16,21,22). The van der Waals surface area contributed by atoms with E-state index < -0.39 is 10.0 Å². The van der Waals surface area contributed by atoms with Crippen LogP contribution in [0.3, 0.4) is 0 Å². The van der Waals surface area contributed by atoms with Gasteiger partial charge in [-0.3, -0.25) is 4.57 Å². The summed E-state index contributed by atoms with van der Waals surface area (Å²) < 4.78 is 25.7. The van der Waals surface area contributed by atoms with Crippen molar-refractivity contribution in [1.29, 1.82) is 0 Å². The third-order valence-electron chi connectivity index (χ3n) is 3.39. The Balaban J connectivity index is 1.83. The summed E-state index contributed by atoms with van der Waals surface area (Å²) in [6.07, 6.45) is 1.73. The Morgan fingerprint density at radius 3 is 2.46 bits per heavy atom. The summed E-state index contributed by atoms with van der Waals surface area (Å²) in [6, 6.07) is 10.2. The largest absolute Gasteiger partial charge is 0.269 e. The molecule has 0 aliphatic heterocycles. The van der Waals surface area contributed by atoms with Gasteiger partial charge in [-0.25, -0.2) is 18.5 Å². The molecule has 4 aromatic rings. The summed E-state index contributed by atoms with van der Waals surface area (Å²) in [4.78, 5) is 5.29. The summed E-state index contributed by atoms with van der Waals surface area (Å²) in [5.74, 6) is 0.683. The molecule has 3 aromatic heterocycles. The van der Waals surface area contributed by atoms with Crippen molar-refractivity contribution in [3.63, 3.8) is 0 Å². The first-order valence-electron chi connectivity index (χ1n) is 7.22. The number of hydrogen-bond donors (Lipinski definition) is 1. The normalized spacial score (nSPS) is 11.7. The molecule has 0 bridgehead atoms. The smallest absolute Gasteiger partial charge is 0.238 e. The van der Waals surface area contributed by atoms with Crippen molar-refractivity contribution in [2.24, 2.45) is 5.14 Å². The van der Waals surface area contributed by atoms with Gasteiger partial charge in [0.1, 0.15) is 0 Å². The minimum absolute atomic E-state index is 0.0566. The fraction of sp³-hybridized carbons (Fsp3) is 0. The lowest BCUT2D eigenvalue weighted by atomic mass is 10.3. The van der Waals surface area contributed by atoms with E-state index >= 15 is 0 Å². The Morgan fingerprint density at radius 1 is 1.04 bits per heavy atom. The van der Waals surface area contributed by atoms with Crippen LogP contribution in [-0.2, 0) is 10.0 Å². The molecule has 0 fully saturated rings. The van der Waals surface area contributed by atoms with Crippen LogP contribution in [0.4, 0.5) is 0 Å². The maximum atomic E-state index is 11.5. The van der Waals surface area contributed by atoms with Crippen molar-refractivity contribution < 1.29 is 8.42 Å². The molecule has 0 aliphatic carbocycles. The van der Waals surface area contributed by atoms with Gasteiger partial charge in [0.2, 0.25) is 15.2 Å². The molecule has 0 atom stereocenters. The third kappa shape index (κ3) is 3.44. The number of aromatic nitrogens is 4. The van der Waals surface area contributed by atoms with Crippen LogP contribution in [0.1, 0.15) is 0 Å². The molecule has 0 aliphatic rings. The van der Waals surface area contributed by atoms with E-state index in [-0.39, 0.29) is 4.90 Å². The summed E-state index contributed by atoms with van der Waals surface area (Å²) in [5.41, 5.74) is 0.741. The Morgan fingerprint density at radius 2 is 1.85 bits per heavy atom. The van der Waals surface area contributed by atoms with Gasteiger partial charge in [-0.05, 0) is 47.5 Å². The Bertz CT molecular complexity index is 1120. The van der Waals surface area contributed by atoms with Crippen LogP contribution < -0.4 is 5.14 Å². The van der Waals surface area contributed by atoms with Gasteiger partial charge in [-0.2, -0.15) is 0 Å². The highest BCUT2D eigenvalue weighted by molar-refractivity contribution is 8.00. The van der Waals surface area contributed by atoms with Gasteiger partial charge in [0, 0.05) is 17.3 Å². The van der Waals surface area contributed by atoms with Gasteiger partial charge in [-0.15, -0.1) is 32.9 Å². The van der Waals surface area contributed by atoms with Crippen LogP contribution in [0.15, 0.2) is 67.7 Å². The van der Waals surface area contributed by atoms with Gasteiger partial charge in [0.05, 0.1) is 9.77 Å². The molecule has 0 unspecified atom stereocenters. The van der Waals surface area contributed by atoms with E-state index in [0.717, 1.165) is 14.9 Å². The van der Waals surface area contributed by atoms with E-state index in [2.05, 4.69) is 15.2 Å². The highest BCUT2D eigenvalue weighted by Crippen LogP contribution is 2.34. The van der Waals surface area contributed by atoms with Crippen LogP contribution in [0, 0.1) is 0 Å². The van der Waals surface area contributed by atoms with Crippen LogP contribution >= 0.6 is 34.4 Å². The topological polar surface area (TPSA) is 104 Å². The quantitative estimate of drug-likeness (QED) is 0.530. The predicted molar refractivity (Wildman–Crippen MR) is 102 cm³/mol. The molecule has 0 spiro atoms. The fourth-order valence-electron chi connectivity index (χ4n) is 2.26. The van der Waals surface area contributed by atoms with Gasteiger partial charge in [0.25, 0.3) is 0 Å². The van der Waals surface area contributed by atoms with E-state index in [1.54, 1.807) is 29.7 Å². The number of rotatable bonds is 5. The summed E-state index contributed by atoms with van der Waals surface area (Å²) in [7, 11) is -3.74. The first-order valence-corrected chi connectivity index (χ1v) is 11.3. The zero-order valence-corrected chi connectivity index (χ0v) is 16.3. The first-order chi connectivity index (χ1) is 12.5.